The highest BCUT2D eigenvalue weighted by Crippen LogP contribution is 2.31. The van der Waals surface area contributed by atoms with Gasteiger partial charge in [-0.2, -0.15) is 0 Å². The third-order valence-corrected chi connectivity index (χ3v) is 3.19. The van der Waals surface area contributed by atoms with E-state index >= 15 is 0 Å². The molecule has 6 nitrogen and oxygen atoms in total. The van der Waals surface area contributed by atoms with E-state index in [9.17, 15) is 9.59 Å². The lowest BCUT2D eigenvalue weighted by Gasteiger charge is -2.26. The largest absolute Gasteiger partial charge is 0.486 e. The molecule has 0 saturated heterocycles. The number of ether oxygens (including phenoxy) is 2. The summed E-state index contributed by atoms with van der Waals surface area (Å²) in [5.41, 5.74) is 0.803. The van der Waals surface area contributed by atoms with E-state index < -0.39 is 12.0 Å². The van der Waals surface area contributed by atoms with Gasteiger partial charge in [-0.15, -0.1) is 0 Å². The van der Waals surface area contributed by atoms with Gasteiger partial charge in [0.05, 0.1) is 0 Å². The van der Waals surface area contributed by atoms with Crippen LogP contribution in [0.5, 0.6) is 11.5 Å². The number of amides is 1. The van der Waals surface area contributed by atoms with Crippen LogP contribution in [0, 0.1) is 0 Å². The first-order valence-electron chi connectivity index (χ1n) is 6.37. The standard InChI is InChI=1S/C14H17NO5/c1-9(14(17)18)15(10(2)16)8-11-3-4-12-13(7-11)20-6-5-19-12/h3-4,7,9H,5-6,8H2,1-2H3,(H,17,18). The molecule has 2 rings (SSSR count). The van der Waals surface area contributed by atoms with Crippen molar-refractivity contribution in [1.82, 2.24) is 4.90 Å². The molecule has 0 aliphatic carbocycles. The van der Waals surface area contributed by atoms with Crippen molar-refractivity contribution < 1.29 is 24.2 Å². The molecular weight excluding hydrogens is 262 g/mol. The minimum atomic E-state index is -1.03. The minimum Gasteiger partial charge on any atom is -0.486 e. The average molecular weight is 279 g/mol. The van der Waals surface area contributed by atoms with Crippen LogP contribution in [-0.4, -0.2) is 41.1 Å². The molecule has 1 amide bonds. The van der Waals surface area contributed by atoms with Gasteiger partial charge in [0.2, 0.25) is 5.91 Å². The van der Waals surface area contributed by atoms with Gasteiger partial charge in [-0.05, 0) is 24.6 Å². The van der Waals surface area contributed by atoms with Crippen molar-refractivity contribution in [3.05, 3.63) is 23.8 Å². The number of nitrogens with zero attached hydrogens (tertiary/aromatic N) is 1. The number of aliphatic carboxylic acids is 1. The molecule has 1 atom stereocenters. The quantitative estimate of drug-likeness (QED) is 0.898. The summed E-state index contributed by atoms with van der Waals surface area (Å²) in [6.45, 7) is 4.07. The fourth-order valence-corrected chi connectivity index (χ4v) is 2.04. The Morgan fingerprint density at radius 1 is 1.30 bits per heavy atom. The van der Waals surface area contributed by atoms with Gasteiger partial charge in [-0.3, -0.25) is 4.79 Å². The second kappa shape index (κ2) is 5.81. The molecule has 1 aromatic carbocycles. The molecule has 0 fully saturated rings. The lowest BCUT2D eigenvalue weighted by atomic mass is 10.1. The van der Waals surface area contributed by atoms with Crippen molar-refractivity contribution in [2.75, 3.05) is 13.2 Å². The Kier molecular flexibility index (Phi) is 4.12. The summed E-state index contributed by atoms with van der Waals surface area (Å²) in [6, 6.07) is 4.48. The zero-order valence-electron chi connectivity index (χ0n) is 11.5. The number of hydrogen-bond donors (Lipinski definition) is 1. The molecule has 1 unspecified atom stereocenters. The van der Waals surface area contributed by atoms with Crippen molar-refractivity contribution in [1.29, 1.82) is 0 Å². The van der Waals surface area contributed by atoms with Crippen LogP contribution in [0.3, 0.4) is 0 Å². The van der Waals surface area contributed by atoms with Crippen molar-refractivity contribution in [2.45, 2.75) is 26.4 Å². The van der Waals surface area contributed by atoms with Gasteiger partial charge in [-0.25, -0.2) is 4.79 Å². The van der Waals surface area contributed by atoms with E-state index in [0.717, 1.165) is 5.56 Å². The zero-order chi connectivity index (χ0) is 14.7. The second-order valence-corrected chi connectivity index (χ2v) is 4.64. The summed E-state index contributed by atoms with van der Waals surface area (Å²) in [7, 11) is 0. The molecule has 6 heteroatoms. The average Bonchev–Trinajstić information content (AvgIpc) is 2.43. The maximum absolute atomic E-state index is 11.6. The Morgan fingerprint density at radius 3 is 2.55 bits per heavy atom. The maximum atomic E-state index is 11.6. The third-order valence-electron chi connectivity index (χ3n) is 3.19. The van der Waals surface area contributed by atoms with E-state index in [1.165, 1.54) is 18.7 Å². The number of carbonyl (C=O) groups excluding carboxylic acids is 1. The number of carboxylic acid groups (broad SMARTS) is 1. The Balaban J connectivity index is 2.18. The summed E-state index contributed by atoms with van der Waals surface area (Å²) in [5, 5.41) is 9.03. The van der Waals surface area contributed by atoms with Crippen molar-refractivity contribution in [3.8, 4) is 11.5 Å². The number of benzene rings is 1. The highest BCUT2D eigenvalue weighted by molar-refractivity contribution is 5.81. The molecule has 0 radical (unpaired) electrons. The number of fused-ring (bicyclic) bond motifs is 1. The highest BCUT2D eigenvalue weighted by atomic mass is 16.6. The summed E-state index contributed by atoms with van der Waals surface area (Å²) in [4.78, 5) is 23.9. The Labute approximate surface area is 116 Å². The number of hydrogen-bond acceptors (Lipinski definition) is 4. The van der Waals surface area contributed by atoms with E-state index in [2.05, 4.69) is 0 Å². The van der Waals surface area contributed by atoms with E-state index in [0.29, 0.717) is 24.7 Å². The van der Waals surface area contributed by atoms with Crippen LogP contribution in [0.4, 0.5) is 0 Å². The molecule has 0 saturated carbocycles. The van der Waals surface area contributed by atoms with E-state index in [-0.39, 0.29) is 12.5 Å². The smallest absolute Gasteiger partial charge is 0.326 e. The molecule has 0 spiro atoms. The number of carbonyl (C=O) groups is 2. The molecule has 0 aromatic heterocycles. The Bertz CT molecular complexity index is 528. The molecule has 20 heavy (non-hydrogen) atoms. The van der Waals surface area contributed by atoms with Gasteiger partial charge in [0.15, 0.2) is 11.5 Å². The molecule has 1 N–H and O–H groups in total. The fourth-order valence-electron chi connectivity index (χ4n) is 2.04. The number of rotatable bonds is 4. The predicted octanol–water partition coefficient (Wildman–Crippen LogP) is 1.28. The Hall–Kier alpha value is -2.24. The monoisotopic (exact) mass is 279 g/mol. The summed E-state index contributed by atoms with van der Waals surface area (Å²) in [6.07, 6.45) is 0. The highest BCUT2D eigenvalue weighted by Gasteiger charge is 2.23. The van der Waals surface area contributed by atoms with Crippen LogP contribution in [-0.2, 0) is 16.1 Å². The molecule has 1 aliphatic heterocycles. The molecule has 0 bridgehead atoms. The maximum Gasteiger partial charge on any atom is 0.326 e. The van der Waals surface area contributed by atoms with E-state index in [1.807, 2.05) is 0 Å². The first kappa shape index (κ1) is 14.2. The first-order valence-corrected chi connectivity index (χ1v) is 6.37. The fraction of sp³-hybridized carbons (Fsp3) is 0.429. The predicted molar refractivity (Wildman–Crippen MR) is 70.8 cm³/mol. The zero-order valence-corrected chi connectivity index (χ0v) is 11.5. The second-order valence-electron chi connectivity index (χ2n) is 4.64. The van der Waals surface area contributed by atoms with Gasteiger partial charge in [0, 0.05) is 13.5 Å². The summed E-state index contributed by atoms with van der Waals surface area (Å²) < 4.78 is 10.9. The van der Waals surface area contributed by atoms with Crippen LogP contribution >= 0.6 is 0 Å². The van der Waals surface area contributed by atoms with Crippen molar-refractivity contribution in [2.24, 2.45) is 0 Å². The van der Waals surface area contributed by atoms with Crippen LogP contribution in [0.25, 0.3) is 0 Å². The molecule has 1 aromatic rings. The van der Waals surface area contributed by atoms with E-state index in [1.54, 1.807) is 18.2 Å². The van der Waals surface area contributed by atoms with Crippen LogP contribution in [0.15, 0.2) is 18.2 Å². The van der Waals surface area contributed by atoms with Gasteiger partial charge < -0.3 is 19.5 Å². The minimum absolute atomic E-state index is 0.222. The van der Waals surface area contributed by atoms with Crippen molar-refractivity contribution >= 4 is 11.9 Å². The lowest BCUT2D eigenvalue weighted by Crippen LogP contribution is -2.41. The SMILES string of the molecule is CC(=O)N(Cc1ccc2c(c1)OCCO2)C(C)C(=O)O. The van der Waals surface area contributed by atoms with Crippen molar-refractivity contribution in [3.63, 3.8) is 0 Å². The topological polar surface area (TPSA) is 76.1 Å². The number of carboxylic acids is 1. The third kappa shape index (κ3) is 3.01. The molecular formula is C14H17NO5. The normalized spacial score (nSPS) is 14.5. The molecule has 108 valence electrons. The van der Waals surface area contributed by atoms with E-state index in [4.69, 9.17) is 14.6 Å². The summed E-state index contributed by atoms with van der Waals surface area (Å²) in [5.74, 6) is -0.0200. The Morgan fingerprint density at radius 2 is 1.95 bits per heavy atom. The van der Waals surface area contributed by atoms with Crippen LogP contribution in [0.2, 0.25) is 0 Å². The van der Waals surface area contributed by atoms with Gasteiger partial charge in [0.25, 0.3) is 0 Å². The van der Waals surface area contributed by atoms with Gasteiger partial charge >= 0.3 is 5.97 Å². The van der Waals surface area contributed by atoms with Crippen LogP contribution < -0.4 is 9.47 Å². The van der Waals surface area contributed by atoms with Gasteiger partial charge in [0.1, 0.15) is 19.3 Å². The molecule has 1 heterocycles. The molecule has 1 aliphatic rings. The van der Waals surface area contributed by atoms with Crippen LogP contribution in [0.1, 0.15) is 19.4 Å². The first-order chi connectivity index (χ1) is 9.49. The van der Waals surface area contributed by atoms with Gasteiger partial charge in [-0.1, -0.05) is 6.07 Å². The summed E-state index contributed by atoms with van der Waals surface area (Å²) >= 11 is 0. The lowest BCUT2D eigenvalue weighted by molar-refractivity contribution is -0.149.